The number of unbranched alkanes of at least 4 members (excludes halogenated alkanes) is 2. The van der Waals surface area contributed by atoms with Gasteiger partial charge in [0.05, 0.1) is 31.6 Å². The maximum absolute atomic E-state index is 14.1. The van der Waals surface area contributed by atoms with E-state index < -0.39 is 121 Å². The summed E-state index contributed by atoms with van der Waals surface area (Å²) in [6.45, 7) is -1.53. The Morgan fingerprint density at radius 2 is 1.51 bits per heavy atom. The summed E-state index contributed by atoms with van der Waals surface area (Å²) in [7, 11) is 0. The van der Waals surface area contributed by atoms with Crippen molar-refractivity contribution in [1.82, 2.24) is 46.8 Å². The maximum atomic E-state index is 14.1. The monoisotopic (exact) mass is 1030 g/mol. The van der Waals surface area contributed by atoms with Gasteiger partial charge in [-0.1, -0.05) is 12.5 Å². The van der Waals surface area contributed by atoms with Gasteiger partial charge in [-0.25, -0.2) is 14.8 Å². The van der Waals surface area contributed by atoms with Crippen molar-refractivity contribution in [2.24, 2.45) is 50.1 Å². The highest BCUT2D eigenvalue weighted by atomic mass is 16.4. The number of guanidine groups is 1. The van der Waals surface area contributed by atoms with Crippen molar-refractivity contribution < 1.29 is 58.5 Å². The number of aromatic nitrogens is 2. The van der Waals surface area contributed by atoms with Gasteiger partial charge in [-0.3, -0.25) is 43.3 Å². The Hall–Kier alpha value is -6.96. The number of nitrogens with zero attached hydrogens (tertiary/aromatic N) is 4. The van der Waals surface area contributed by atoms with E-state index in [4.69, 9.17) is 40.1 Å². The molecule has 2 rings (SSSR count). The van der Waals surface area contributed by atoms with E-state index in [2.05, 4.69) is 51.9 Å². The number of nitrogens with two attached hydrogens (primary N) is 7. The number of carboxylic acid groups (broad SMARTS) is 1. The number of imidazole rings is 1. The third-order valence-corrected chi connectivity index (χ3v) is 11.1. The zero-order chi connectivity index (χ0) is 54.5. The number of carbonyl (C=O) groups excluding carboxylic acids is 8. The number of H-pyrrole nitrogens is 1. The lowest BCUT2D eigenvalue weighted by Gasteiger charge is -2.27. The van der Waals surface area contributed by atoms with Crippen LogP contribution in [0.1, 0.15) is 76.3 Å². The second-order valence-electron chi connectivity index (χ2n) is 16.8. The van der Waals surface area contributed by atoms with Crippen LogP contribution in [0, 0.1) is 0 Å². The lowest BCUT2D eigenvalue weighted by atomic mass is 10.1. The van der Waals surface area contributed by atoms with Crippen LogP contribution in [0.15, 0.2) is 34.3 Å². The number of hydrogen-bond donors (Lipinski definition) is 17. The molecule has 0 radical (unpaired) electrons. The highest BCUT2D eigenvalue weighted by Crippen LogP contribution is 2.20. The molecule has 30 nitrogen and oxygen atoms in total. The molecule has 30 heteroatoms. The van der Waals surface area contributed by atoms with Gasteiger partial charge in [-0.05, 0) is 83.8 Å². The van der Waals surface area contributed by atoms with Gasteiger partial charge in [0.1, 0.15) is 41.6 Å². The first-order chi connectivity index (χ1) is 34.8. The molecule has 0 aliphatic carbocycles. The Morgan fingerprint density at radius 1 is 0.836 bits per heavy atom. The number of likely N-dealkylation sites (tertiary alicyclic amines) is 1. The normalized spacial score (nSPS) is 16.2. The second-order valence-corrected chi connectivity index (χ2v) is 16.8. The fourth-order valence-electron chi connectivity index (χ4n) is 7.17. The smallest absolute Gasteiger partial charge is 0.352 e. The molecule has 0 spiro atoms. The molecule has 8 amide bonds. The standard InChI is InChI=1S/C43H74N18O12/c44-13-3-1-8-25(48)35(65)60-34(32(63)19-47)40(70)59-30(22-62)36(66)53-21-33(64)55-27(10-5-15-46)41(71)61-17-7-12-31(61)39(69)58-29(18-24-20-51-23-54-24)38(68)56-26(9-2-4-14-45)37(67)57-28(42(72)73)11-6-16-52-43(49)50/h11,20,23,25-26,29-32,34,62-63H,1-10,12-19,21-22,44-48H2,(H,51,54)(H,53,66)(H,56,68)(H,57,67)(H,58,69)(H,59,70)(H,60,65)(H,72,73)(H4,49,50,52)/b28-11-,55-27?/t25-,26-,29-,30-,31-,32-,34-/m0/s1. The molecular formula is C43H74N18O12. The molecule has 2 heterocycles. The van der Waals surface area contributed by atoms with Crippen molar-refractivity contribution in [2.45, 2.75) is 119 Å². The summed E-state index contributed by atoms with van der Waals surface area (Å²) in [6, 6.07) is -8.30. The van der Waals surface area contributed by atoms with E-state index in [-0.39, 0.29) is 82.8 Å². The molecule has 24 N–H and O–H groups in total. The lowest BCUT2D eigenvalue weighted by molar-refractivity contribution is -0.137. The summed E-state index contributed by atoms with van der Waals surface area (Å²) in [5.74, 6) is -8.99. The fraction of sp³-hybridized carbons (Fsp3) is 0.628. The molecule has 1 aliphatic heterocycles. The van der Waals surface area contributed by atoms with Crippen LogP contribution in [0.3, 0.4) is 0 Å². The van der Waals surface area contributed by atoms with Crippen molar-refractivity contribution in [3.05, 3.63) is 30.0 Å². The minimum atomic E-state index is -1.70. The third kappa shape index (κ3) is 22.1. The molecule has 1 aliphatic rings. The van der Waals surface area contributed by atoms with Crippen molar-refractivity contribution in [3.63, 3.8) is 0 Å². The minimum Gasteiger partial charge on any atom is -0.477 e. The molecule has 1 saturated heterocycles. The summed E-state index contributed by atoms with van der Waals surface area (Å²) in [5, 5.41) is 44.4. The zero-order valence-electron chi connectivity index (χ0n) is 40.8. The van der Waals surface area contributed by atoms with E-state index in [1.165, 1.54) is 23.5 Å². The van der Waals surface area contributed by atoms with Gasteiger partial charge in [0.2, 0.25) is 35.4 Å². The average molecular weight is 1040 g/mol. The van der Waals surface area contributed by atoms with Crippen LogP contribution in [-0.2, 0) is 49.6 Å². The Morgan fingerprint density at radius 3 is 2.11 bits per heavy atom. The number of aromatic amines is 1. The molecule has 408 valence electrons. The van der Waals surface area contributed by atoms with Crippen molar-refractivity contribution in [3.8, 4) is 0 Å². The van der Waals surface area contributed by atoms with Gasteiger partial charge in [0.15, 0.2) is 5.96 Å². The van der Waals surface area contributed by atoms with Gasteiger partial charge in [-0.2, -0.15) is 0 Å². The molecule has 0 aromatic carbocycles. The number of nitrogens with one attached hydrogen (secondary N) is 7. The van der Waals surface area contributed by atoms with Crippen LogP contribution >= 0.6 is 0 Å². The van der Waals surface area contributed by atoms with Crippen molar-refractivity contribution >= 4 is 64.9 Å². The van der Waals surface area contributed by atoms with Crippen LogP contribution in [0.5, 0.6) is 0 Å². The Labute approximate surface area is 421 Å². The predicted octanol–water partition coefficient (Wildman–Crippen LogP) is -7.65. The average Bonchev–Trinajstić information content (AvgIpc) is 4.08. The quantitative estimate of drug-likeness (QED) is 0.0132. The molecular weight excluding hydrogens is 961 g/mol. The highest BCUT2D eigenvalue weighted by molar-refractivity contribution is 6.40. The van der Waals surface area contributed by atoms with E-state index in [1.54, 1.807) is 0 Å². The molecule has 1 fully saturated rings. The maximum Gasteiger partial charge on any atom is 0.352 e. The van der Waals surface area contributed by atoms with Crippen molar-refractivity contribution in [2.75, 3.05) is 52.4 Å². The number of aliphatic hydroxyl groups is 2. The van der Waals surface area contributed by atoms with Gasteiger partial charge < -0.3 is 97.2 Å². The van der Waals surface area contributed by atoms with Crippen LogP contribution < -0.4 is 72.0 Å². The van der Waals surface area contributed by atoms with Crippen molar-refractivity contribution in [1.29, 1.82) is 0 Å². The van der Waals surface area contributed by atoms with Gasteiger partial charge >= 0.3 is 5.97 Å². The van der Waals surface area contributed by atoms with Crippen LogP contribution in [0.2, 0.25) is 0 Å². The molecule has 1 aromatic heterocycles. The topological polar surface area (TPSA) is 525 Å². The SMILES string of the molecule is NCCCC[C@H](NC(=O)[C@H](Cc1cnc[nH]1)NC(=O)[C@@H]1CCCN1C(=O)C(CCCN)=NC(=O)CNC(=O)[C@H](CO)NC(=O)[C@@H](NC(=O)[C@@H](N)CCCCN)[C@@H](O)CN)C(=O)N/C(=C\CCN=C(N)N)C(=O)O. The van der Waals surface area contributed by atoms with E-state index in [1.807, 2.05) is 0 Å². The number of carboxylic acids is 1. The van der Waals surface area contributed by atoms with E-state index in [0.717, 1.165) is 0 Å². The number of hydrogen-bond acceptors (Lipinski definition) is 18. The summed E-state index contributed by atoms with van der Waals surface area (Å²) >= 11 is 0. The van der Waals surface area contributed by atoms with E-state index in [0.29, 0.717) is 44.3 Å². The first kappa shape index (κ1) is 62.2. The largest absolute Gasteiger partial charge is 0.477 e. The molecule has 0 saturated carbocycles. The van der Waals surface area contributed by atoms with Gasteiger partial charge in [0.25, 0.3) is 11.8 Å². The number of carbonyl (C=O) groups is 9. The molecule has 7 atom stereocenters. The van der Waals surface area contributed by atoms with Crippen LogP contribution in [-0.4, -0.2) is 190 Å². The number of aliphatic hydroxyl groups excluding tert-OH is 2. The fourth-order valence-corrected chi connectivity index (χ4v) is 7.17. The lowest BCUT2D eigenvalue weighted by Crippen LogP contribution is -2.61. The molecule has 1 aromatic rings. The number of amides is 8. The van der Waals surface area contributed by atoms with E-state index >= 15 is 0 Å². The zero-order valence-corrected chi connectivity index (χ0v) is 40.8. The third-order valence-electron chi connectivity index (χ3n) is 11.1. The minimum absolute atomic E-state index is 0.0326. The predicted molar refractivity (Wildman–Crippen MR) is 264 cm³/mol. The Balaban J connectivity index is 2.27. The van der Waals surface area contributed by atoms with Gasteiger partial charge in [-0.15, -0.1) is 0 Å². The van der Waals surface area contributed by atoms with Crippen LogP contribution in [0.4, 0.5) is 0 Å². The molecule has 73 heavy (non-hydrogen) atoms. The summed E-state index contributed by atoms with van der Waals surface area (Å²) in [6.07, 6.45) is 4.89. The number of aliphatic imine (C=N–C) groups is 2. The number of aliphatic carboxylic acids is 1. The number of rotatable bonds is 34. The van der Waals surface area contributed by atoms with Crippen LogP contribution in [0.25, 0.3) is 0 Å². The summed E-state index contributed by atoms with van der Waals surface area (Å²) < 4.78 is 0. The first-order valence-corrected chi connectivity index (χ1v) is 23.8. The molecule has 0 unspecified atom stereocenters. The Bertz CT molecular complexity index is 2080. The first-order valence-electron chi connectivity index (χ1n) is 23.8. The summed E-state index contributed by atoms with van der Waals surface area (Å²) in [5.41, 5.74) is 38.5. The molecule has 0 bridgehead atoms. The van der Waals surface area contributed by atoms with Gasteiger partial charge in [0, 0.05) is 37.9 Å². The Kier molecular flexibility index (Phi) is 28.6. The highest BCUT2D eigenvalue weighted by Gasteiger charge is 2.39. The van der Waals surface area contributed by atoms with E-state index in [9.17, 15) is 58.5 Å². The second kappa shape index (κ2) is 33.6. The summed E-state index contributed by atoms with van der Waals surface area (Å²) in [4.78, 5) is 135.